The Morgan fingerprint density at radius 2 is 1.80 bits per heavy atom. The van der Waals surface area contributed by atoms with Gasteiger partial charge in [0.2, 0.25) is 5.88 Å². The molecule has 2 aromatic carbocycles. The minimum absolute atomic E-state index is 0.00161. The quantitative estimate of drug-likeness (QED) is 0.223. The maximum Gasteiger partial charge on any atom is 0.344 e. The molecule has 0 saturated carbocycles. The van der Waals surface area contributed by atoms with E-state index < -0.39 is 48.6 Å². The number of nitrogens with zero attached hydrogens (tertiary/aromatic N) is 3. The number of hydrogen-bond acceptors (Lipinski definition) is 11. The van der Waals surface area contributed by atoms with Crippen LogP contribution in [0.25, 0.3) is 16.9 Å². The molecular formula is C28H27ClF2N4O9. The number of imidazole rings is 1. The van der Waals surface area contributed by atoms with Crippen molar-refractivity contribution in [2.45, 2.75) is 33.5 Å². The second-order valence-corrected chi connectivity index (χ2v) is 9.39. The molecule has 234 valence electrons. The van der Waals surface area contributed by atoms with Gasteiger partial charge in [-0.25, -0.2) is 27.9 Å². The fraction of sp³-hybridized carbons (Fsp3) is 0.321. The zero-order chi connectivity index (χ0) is 32.1. The van der Waals surface area contributed by atoms with Gasteiger partial charge in [0.15, 0.2) is 47.3 Å². The summed E-state index contributed by atoms with van der Waals surface area (Å²) in [6.45, 7) is 3.40. The van der Waals surface area contributed by atoms with Crippen LogP contribution in [0.15, 0.2) is 29.1 Å². The number of nitrogens with one attached hydrogen (secondary N) is 1. The van der Waals surface area contributed by atoms with Crippen LogP contribution in [0.3, 0.4) is 0 Å². The molecule has 0 aliphatic rings. The lowest BCUT2D eigenvalue weighted by Crippen LogP contribution is -2.17. The number of rotatable bonds is 12. The maximum atomic E-state index is 14.7. The van der Waals surface area contributed by atoms with E-state index in [1.54, 1.807) is 6.92 Å². The molecule has 2 aromatic heterocycles. The van der Waals surface area contributed by atoms with Crippen LogP contribution in [0.4, 0.5) is 8.78 Å². The molecule has 4 aromatic rings. The van der Waals surface area contributed by atoms with Crippen molar-refractivity contribution in [3.63, 3.8) is 0 Å². The highest BCUT2D eigenvalue weighted by Gasteiger charge is 2.24. The maximum absolute atomic E-state index is 14.7. The summed E-state index contributed by atoms with van der Waals surface area (Å²) in [5.41, 5.74) is -0.840. The summed E-state index contributed by atoms with van der Waals surface area (Å²) < 4.78 is 61.7. The van der Waals surface area contributed by atoms with E-state index in [4.69, 9.17) is 40.0 Å². The Hall–Kier alpha value is -4.92. The molecule has 16 heteroatoms. The van der Waals surface area contributed by atoms with Gasteiger partial charge in [0.25, 0.3) is 0 Å². The molecule has 0 aliphatic heterocycles. The Balaban J connectivity index is 1.86. The van der Waals surface area contributed by atoms with Gasteiger partial charge in [-0.2, -0.15) is 4.98 Å². The molecule has 1 atom stereocenters. The predicted molar refractivity (Wildman–Crippen MR) is 151 cm³/mol. The Bertz CT molecular complexity index is 1780. The molecule has 2 heterocycles. The number of ether oxygens (including phenoxy) is 6. The number of carbonyl (C=O) groups is 2. The van der Waals surface area contributed by atoms with Crippen LogP contribution in [0, 0.1) is 11.6 Å². The van der Waals surface area contributed by atoms with Crippen molar-refractivity contribution in [1.82, 2.24) is 19.5 Å². The van der Waals surface area contributed by atoms with Gasteiger partial charge >= 0.3 is 17.6 Å². The van der Waals surface area contributed by atoms with Gasteiger partial charge in [-0.1, -0.05) is 11.6 Å². The molecule has 4 rings (SSSR count). The highest BCUT2D eigenvalue weighted by atomic mass is 35.5. The van der Waals surface area contributed by atoms with Gasteiger partial charge in [0.1, 0.15) is 17.9 Å². The second kappa shape index (κ2) is 13.6. The van der Waals surface area contributed by atoms with Crippen molar-refractivity contribution >= 4 is 34.7 Å². The number of fused-ring (bicyclic) bond motifs is 1. The summed E-state index contributed by atoms with van der Waals surface area (Å²) in [6.07, 6.45) is -0.909. The predicted octanol–water partition coefficient (Wildman–Crippen LogP) is 4.20. The number of carbonyl (C=O) groups excluding carboxylic acids is 2. The normalized spacial score (nSPS) is 11.6. The molecular weight excluding hydrogens is 610 g/mol. The number of halogens is 3. The topological polar surface area (TPSA) is 153 Å². The Kier molecular flexibility index (Phi) is 9.88. The number of hydrogen-bond donors (Lipinski definition) is 1. The van der Waals surface area contributed by atoms with Crippen LogP contribution >= 0.6 is 11.6 Å². The van der Waals surface area contributed by atoms with Crippen molar-refractivity contribution in [1.29, 1.82) is 0 Å². The third-order valence-electron chi connectivity index (χ3n) is 6.07. The zero-order valence-corrected chi connectivity index (χ0v) is 24.9. The van der Waals surface area contributed by atoms with Gasteiger partial charge < -0.3 is 28.4 Å². The van der Waals surface area contributed by atoms with Crippen LogP contribution in [-0.4, -0.2) is 58.9 Å². The molecule has 0 aliphatic carbocycles. The summed E-state index contributed by atoms with van der Waals surface area (Å²) in [4.78, 5) is 48.0. The van der Waals surface area contributed by atoms with E-state index in [-0.39, 0.29) is 63.0 Å². The van der Waals surface area contributed by atoms with Crippen LogP contribution in [0.5, 0.6) is 23.1 Å². The fourth-order valence-corrected chi connectivity index (χ4v) is 4.38. The van der Waals surface area contributed by atoms with Crippen LogP contribution in [0.2, 0.25) is 5.02 Å². The van der Waals surface area contributed by atoms with Crippen LogP contribution in [-0.2, 0) is 25.7 Å². The third kappa shape index (κ3) is 6.67. The van der Waals surface area contributed by atoms with E-state index in [2.05, 4.69) is 15.0 Å². The Morgan fingerprint density at radius 3 is 2.45 bits per heavy atom. The zero-order valence-electron chi connectivity index (χ0n) is 24.2. The van der Waals surface area contributed by atoms with E-state index in [1.165, 1.54) is 46.3 Å². The molecule has 44 heavy (non-hydrogen) atoms. The summed E-state index contributed by atoms with van der Waals surface area (Å²) in [5.74, 6) is -3.77. The molecule has 0 spiro atoms. The van der Waals surface area contributed by atoms with Gasteiger partial charge in [0.05, 0.1) is 37.1 Å². The van der Waals surface area contributed by atoms with Crippen LogP contribution in [0.1, 0.15) is 38.3 Å². The molecule has 0 saturated heterocycles. The van der Waals surface area contributed by atoms with Crippen molar-refractivity contribution in [3.05, 3.63) is 62.8 Å². The highest BCUT2D eigenvalue weighted by molar-refractivity contribution is 6.32. The van der Waals surface area contributed by atoms with Gasteiger partial charge in [-0.05, 0) is 26.0 Å². The van der Waals surface area contributed by atoms with Crippen molar-refractivity contribution in [2.75, 3.05) is 27.4 Å². The van der Waals surface area contributed by atoms with E-state index in [1.807, 2.05) is 0 Å². The van der Waals surface area contributed by atoms with Crippen molar-refractivity contribution in [3.8, 4) is 28.8 Å². The lowest BCUT2D eigenvalue weighted by atomic mass is 10.2. The molecule has 13 nitrogen and oxygen atoms in total. The largest absolute Gasteiger partial charge is 0.496 e. The summed E-state index contributed by atoms with van der Waals surface area (Å²) in [6, 6.07) is 4.68. The lowest BCUT2D eigenvalue weighted by molar-refractivity contribution is -0.146. The SMILES string of the molecule is CCOC(=O)COc1cc(Cl)c(-n2c(=O)[nH]c3c(OC)nc(C(C)OC(C)=O)nc32)cc1OCc1c(OC)ccc(F)c1F. The van der Waals surface area contributed by atoms with Crippen molar-refractivity contribution in [2.24, 2.45) is 0 Å². The van der Waals surface area contributed by atoms with Crippen molar-refractivity contribution < 1.29 is 46.8 Å². The summed E-state index contributed by atoms with van der Waals surface area (Å²) in [7, 11) is 2.60. The first-order chi connectivity index (χ1) is 21.0. The number of aromatic amines is 1. The molecule has 1 N–H and O–H groups in total. The number of methoxy groups -OCH3 is 2. The Morgan fingerprint density at radius 1 is 1.07 bits per heavy atom. The average Bonchev–Trinajstić information content (AvgIpc) is 3.32. The summed E-state index contributed by atoms with van der Waals surface area (Å²) >= 11 is 6.60. The molecule has 0 amide bonds. The van der Waals surface area contributed by atoms with E-state index in [0.29, 0.717) is 0 Å². The monoisotopic (exact) mass is 636 g/mol. The summed E-state index contributed by atoms with van der Waals surface area (Å²) in [5, 5.41) is -0.0547. The smallest absolute Gasteiger partial charge is 0.344 e. The minimum atomic E-state index is -1.20. The van der Waals surface area contributed by atoms with E-state index >= 15 is 0 Å². The second-order valence-electron chi connectivity index (χ2n) is 8.98. The standard InChI is InChI=1S/C28H27ClF2N4O9/c1-6-41-22(37)12-43-20-9-16(29)18(10-21(20)42-11-15-19(39-4)8-7-17(30)23(15)31)35-26-24(32-28(35)38)27(40-5)34-25(33-26)13(2)44-14(3)36/h7-10,13H,6,11-12H2,1-5H3,(H,32,38). The van der Waals surface area contributed by atoms with Gasteiger partial charge in [-0.15, -0.1) is 0 Å². The third-order valence-corrected chi connectivity index (χ3v) is 6.37. The van der Waals surface area contributed by atoms with Crippen LogP contribution < -0.4 is 24.6 Å². The number of esters is 2. The Labute approximate surface area is 253 Å². The molecule has 0 bridgehead atoms. The molecule has 1 unspecified atom stereocenters. The average molecular weight is 637 g/mol. The van der Waals surface area contributed by atoms with E-state index in [0.717, 1.165) is 10.6 Å². The fourth-order valence-electron chi connectivity index (χ4n) is 4.14. The van der Waals surface area contributed by atoms with Gasteiger partial charge in [-0.3, -0.25) is 9.78 Å². The number of aromatic nitrogens is 4. The number of H-pyrrole nitrogens is 1. The van der Waals surface area contributed by atoms with E-state index in [9.17, 15) is 23.2 Å². The molecule has 0 fully saturated rings. The molecule has 0 radical (unpaired) electrons. The first-order valence-electron chi connectivity index (χ1n) is 13.0. The minimum Gasteiger partial charge on any atom is -0.496 e. The number of benzene rings is 2. The first kappa shape index (κ1) is 32.0. The highest BCUT2D eigenvalue weighted by Crippen LogP contribution is 2.38. The first-order valence-corrected chi connectivity index (χ1v) is 13.4. The lowest BCUT2D eigenvalue weighted by Gasteiger charge is -2.17. The van der Waals surface area contributed by atoms with Gasteiger partial charge in [0, 0.05) is 19.1 Å².